The number of fused-ring (bicyclic) bond motifs is 7. The summed E-state index contributed by atoms with van der Waals surface area (Å²) in [5.41, 5.74) is 0.303. The molecule has 6 aliphatic rings. The minimum absolute atomic E-state index is 0.0512. The van der Waals surface area contributed by atoms with Crippen LogP contribution in [0.25, 0.3) is 0 Å². The second-order valence-electron chi connectivity index (χ2n) is 18.3. The molecule has 6 heteroatoms. The minimum atomic E-state index is -0.545. The van der Waals surface area contributed by atoms with Crippen LogP contribution in [0.4, 0.5) is 0 Å². The van der Waals surface area contributed by atoms with Gasteiger partial charge in [-0.1, -0.05) is 53.5 Å². The van der Waals surface area contributed by atoms with E-state index in [0.29, 0.717) is 11.7 Å². The zero-order valence-electron chi connectivity index (χ0n) is 29.9. The number of hydrogen-bond acceptors (Lipinski definition) is 6. The first-order valence-electron chi connectivity index (χ1n) is 18.3. The Labute approximate surface area is 272 Å². The summed E-state index contributed by atoms with van der Waals surface area (Å²) in [6, 6.07) is 0. The van der Waals surface area contributed by atoms with E-state index in [0.717, 1.165) is 70.9 Å². The summed E-state index contributed by atoms with van der Waals surface area (Å²) in [4.78, 5) is 43.0. The third-order valence-corrected chi connectivity index (χ3v) is 15.5. The fraction of sp³-hybridized carbons (Fsp3) is 0.872. The van der Waals surface area contributed by atoms with Gasteiger partial charge in [0.1, 0.15) is 6.10 Å². The number of esters is 2. The molecule has 0 N–H and O–H groups in total. The Morgan fingerprint density at radius 1 is 0.889 bits per heavy atom. The van der Waals surface area contributed by atoms with Crippen molar-refractivity contribution in [3.8, 4) is 0 Å². The zero-order chi connectivity index (χ0) is 32.8. The molecule has 0 bridgehead atoms. The predicted octanol–water partition coefficient (Wildman–Crippen LogP) is 8.27. The number of likely N-dealkylation sites (tertiary alicyclic amines) is 1. The molecule has 1 aliphatic heterocycles. The first-order chi connectivity index (χ1) is 20.9. The molecule has 0 radical (unpaired) electrons. The Balaban J connectivity index is 1.31. The van der Waals surface area contributed by atoms with Crippen LogP contribution in [0.2, 0.25) is 0 Å². The molecule has 10 atom stereocenters. The average Bonchev–Trinajstić information content (AvgIpc) is 2.97. The third kappa shape index (κ3) is 4.91. The third-order valence-electron chi connectivity index (χ3n) is 15.5. The molecule has 0 aromatic rings. The van der Waals surface area contributed by atoms with Crippen molar-refractivity contribution in [3.63, 3.8) is 0 Å². The Kier molecular flexibility index (Phi) is 8.06. The summed E-state index contributed by atoms with van der Waals surface area (Å²) in [7, 11) is 0. The van der Waals surface area contributed by atoms with E-state index in [1.807, 2.05) is 6.92 Å². The molecular weight excluding hydrogens is 562 g/mol. The van der Waals surface area contributed by atoms with E-state index in [4.69, 9.17) is 9.47 Å². The van der Waals surface area contributed by atoms with E-state index >= 15 is 0 Å². The zero-order valence-corrected chi connectivity index (χ0v) is 29.9. The summed E-state index contributed by atoms with van der Waals surface area (Å²) in [6.07, 6.45) is 14.0. The number of ether oxygens (including phenoxy) is 2. The topological polar surface area (TPSA) is 72.9 Å². The van der Waals surface area contributed by atoms with Crippen LogP contribution in [0.1, 0.15) is 139 Å². The number of ketones is 1. The highest BCUT2D eigenvalue weighted by molar-refractivity contribution is 5.95. The normalized spacial score (nSPS) is 46.8. The fourth-order valence-electron chi connectivity index (χ4n) is 12.4. The Hall–Kier alpha value is -1.69. The van der Waals surface area contributed by atoms with Crippen LogP contribution < -0.4 is 0 Å². The monoisotopic (exact) mass is 623 g/mol. The Bertz CT molecular complexity index is 1270. The molecule has 6 nitrogen and oxygen atoms in total. The van der Waals surface area contributed by atoms with Gasteiger partial charge in [-0.2, -0.15) is 0 Å². The van der Waals surface area contributed by atoms with E-state index in [1.165, 1.54) is 31.8 Å². The largest absolute Gasteiger partial charge is 0.462 e. The second-order valence-corrected chi connectivity index (χ2v) is 18.3. The summed E-state index contributed by atoms with van der Waals surface area (Å²) in [6.45, 7) is 21.9. The van der Waals surface area contributed by atoms with Crippen molar-refractivity contribution in [3.05, 3.63) is 11.6 Å². The number of nitrogens with zero attached hydrogens (tertiary/aromatic N) is 1. The molecule has 0 unspecified atom stereocenters. The van der Waals surface area contributed by atoms with Crippen molar-refractivity contribution < 1.29 is 23.9 Å². The van der Waals surface area contributed by atoms with Gasteiger partial charge in [-0.3, -0.25) is 19.3 Å². The standard InChI is InChI=1S/C39H61NO5/c1-25(40-21-11-10-12-22-40)44-33(43)36(6)18-17-35(5)19-20-38(8)27(28(35)24-36)23-29(42)32-37(7)15-14-31(45-26(2)41)34(3,4)30(37)13-16-39(32,38)9/h23,25,28,30-32H,10-22,24H2,1-9H3/t25-,28+,30-,31-,32-,35-,36-,37-,38-,39-/m1/s1. The smallest absolute Gasteiger partial charge is 0.313 e. The van der Waals surface area contributed by atoms with Crippen molar-refractivity contribution in [1.29, 1.82) is 0 Å². The molecule has 5 aliphatic carbocycles. The van der Waals surface area contributed by atoms with Crippen LogP contribution in [0.15, 0.2) is 11.6 Å². The van der Waals surface area contributed by atoms with Gasteiger partial charge in [0.05, 0.1) is 5.41 Å². The molecule has 5 fully saturated rings. The summed E-state index contributed by atoms with van der Waals surface area (Å²) in [5.74, 6) is 0.507. The molecule has 4 saturated carbocycles. The Morgan fingerprint density at radius 3 is 2.22 bits per heavy atom. The first kappa shape index (κ1) is 33.2. The van der Waals surface area contributed by atoms with Gasteiger partial charge in [-0.05, 0) is 124 Å². The molecule has 0 spiro atoms. The SMILES string of the molecule is CC(=O)O[C@@H]1CC[C@]2(C)[C@H](CC[C@]3(C)[C@@H]2C(=O)C=C2[C@@H]4C[C@](C)(C(=O)O[C@H](C)N5CCCCC5)CC[C@]4(C)CC[C@]23C)C1(C)C. The van der Waals surface area contributed by atoms with Crippen LogP contribution in [0, 0.1) is 50.2 Å². The van der Waals surface area contributed by atoms with Crippen LogP contribution in [0.3, 0.4) is 0 Å². The highest BCUT2D eigenvalue weighted by Crippen LogP contribution is 2.75. The molecule has 1 heterocycles. The van der Waals surface area contributed by atoms with Gasteiger partial charge in [-0.15, -0.1) is 0 Å². The molecule has 45 heavy (non-hydrogen) atoms. The van der Waals surface area contributed by atoms with Crippen molar-refractivity contribution >= 4 is 17.7 Å². The molecule has 0 amide bonds. The van der Waals surface area contributed by atoms with Gasteiger partial charge in [0.15, 0.2) is 12.0 Å². The predicted molar refractivity (Wildman–Crippen MR) is 176 cm³/mol. The van der Waals surface area contributed by atoms with Gasteiger partial charge in [0.25, 0.3) is 0 Å². The summed E-state index contributed by atoms with van der Waals surface area (Å²) in [5, 5.41) is 0. The lowest BCUT2D eigenvalue weighted by molar-refractivity contribution is -0.210. The average molecular weight is 624 g/mol. The van der Waals surface area contributed by atoms with E-state index < -0.39 is 5.41 Å². The van der Waals surface area contributed by atoms with Gasteiger partial charge in [-0.25, -0.2) is 0 Å². The van der Waals surface area contributed by atoms with Gasteiger partial charge < -0.3 is 9.47 Å². The van der Waals surface area contributed by atoms with E-state index in [-0.39, 0.29) is 63.2 Å². The van der Waals surface area contributed by atoms with Crippen molar-refractivity contribution in [1.82, 2.24) is 4.90 Å². The molecule has 6 rings (SSSR count). The molecule has 0 aromatic carbocycles. The van der Waals surface area contributed by atoms with Gasteiger partial charge >= 0.3 is 11.9 Å². The van der Waals surface area contributed by atoms with Crippen molar-refractivity contribution in [2.24, 2.45) is 50.2 Å². The number of allylic oxidation sites excluding steroid dienone is 2. The van der Waals surface area contributed by atoms with Crippen LogP contribution in [-0.4, -0.2) is 48.0 Å². The molecular formula is C39H61NO5. The number of carbonyl (C=O) groups is 3. The lowest BCUT2D eigenvalue weighted by Crippen LogP contribution is -2.66. The molecule has 252 valence electrons. The fourth-order valence-corrected chi connectivity index (χ4v) is 12.4. The number of piperidine rings is 1. The van der Waals surface area contributed by atoms with Gasteiger partial charge in [0.2, 0.25) is 0 Å². The van der Waals surface area contributed by atoms with Gasteiger partial charge in [0, 0.05) is 31.3 Å². The first-order valence-corrected chi connectivity index (χ1v) is 18.3. The van der Waals surface area contributed by atoms with E-state index in [2.05, 4.69) is 59.4 Å². The summed E-state index contributed by atoms with van der Waals surface area (Å²) >= 11 is 0. The minimum Gasteiger partial charge on any atom is -0.462 e. The number of carbonyl (C=O) groups excluding carboxylic acids is 3. The number of hydrogen-bond donors (Lipinski definition) is 0. The Morgan fingerprint density at radius 2 is 1.56 bits per heavy atom. The van der Waals surface area contributed by atoms with Crippen LogP contribution in [0.5, 0.6) is 0 Å². The lowest BCUT2D eigenvalue weighted by Gasteiger charge is -2.70. The maximum Gasteiger partial charge on any atom is 0.313 e. The van der Waals surface area contributed by atoms with Crippen molar-refractivity contribution in [2.45, 2.75) is 152 Å². The van der Waals surface area contributed by atoms with E-state index in [1.54, 1.807) is 0 Å². The molecule has 1 saturated heterocycles. The quantitative estimate of drug-likeness (QED) is 0.294. The molecule has 0 aromatic heterocycles. The van der Waals surface area contributed by atoms with Crippen molar-refractivity contribution in [2.75, 3.05) is 13.1 Å². The second kappa shape index (κ2) is 10.9. The highest BCUT2D eigenvalue weighted by Gasteiger charge is 2.70. The highest BCUT2D eigenvalue weighted by atomic mass is 16.6. The number of rotatable bonds is 4. The van der Waals surface area contributed by atoms with Crippen LogP contribution in [-0.2, 0) is 23.9 Å². The maximum absolute atomic E-state index is 14.7. The maximum atomic E-state index is 14.7. The van der Waals surface area contributed by atoms with E-state index in [9.17, 15) is 14.4 Å². The summed E-state index contributed by atoms with van der Waals surface area (Å²) < 4.78 is 12.1. The van der Waals surface area contributed by atoms with Crippen LogP contribution >= 0.6 is 0 Å². The lowest BCUT2D eigenvalue weighted by atomic mass is 9.33.